The maximum absolute atomic E-state index is 13.8. The van der Waals surface area contributed by atoms with Crippen molar-refractivity contribution in [2.75, 3.05) is 0 Å². The van der Waals surface area contributed by atoms with Crippen LogP contribution in [0.1, 0.15) is 43.5 Å². The van der Waals surface area contributed by atoms with Gasteiger partial charge in [0.05, 0.1) is 6.04 Å². The molecular weight excluding hydrogens is 493 g/mol. The number of aromatic hydroxyl groups is 1. The first kappa shape index (κ1) is 26.1. The summed E-state index contributed by atoms with van der Waals surface area (Å²) in [4.78, 5) is 0. The van der Waals surface area contributed by atoms with Crippen molar-refractivity contribution in [2.24, 2.45) is 0 Å². The number of ether oxygens (including phenoxy) is 2. The molecule has 4 rings (SSSR count). The molecule has 3 aromatic rings. The Morgan fingerprint density at radius 2 is 1.53 bits per heavy atom. The van der Waals surface area contributed by atoms with Gasteiger partial charge in [0.25, 0.3) is 0 Å². The largest absolute Gasteiger partial charge is 0.507 e. The van der Waals surface area contributed by atoms with Gasteiger partial charge in [0.1, 0.15) is 30.0 Å². The highest BCUT2D eigenvalue weighted by Crippen LogP contribution is 2.39. The summed E-state index contributed by atoms with van der Waals surface area (Å²) in [5.74, 6) is 0.474. The van der Waals surface area contributed by atoms with Crippen molar-refractivity contribution in [1.29, 1.82) is 0 Å². The molecular formula is C27H28ClF3N2O3. The van der Waals surface area contributed by atoms with E-state index >= 15 is 0 Å². The molecule has 3 atom stereocenters. The van der Waals surface area contributed by atoms with Gasteiger partial charge < -0.3 is 14.6 Å². The number of phenolic OH excluding ortho intramolecular Hbond substituents is 1. The Hall–Kier alpha value is -2.94. The third-order valence-electron chi connectivity index (χ3n) is 6.05. The topological polar surface area (TPSA) is 62.8 Å². The number of hydrogen-bond donors (Lipinski definition) is 3. The predicted molar refractivity (Wildman–Crippen MR) is 132 cm³/mol. The number of nitrogens with one attached hydrogen (secondary N) is 2. The van der Waals surface area contributed by atoms with Crippen LogP contribution in [0.3, 0.4) is 0 Å². The number of rotatable bonds is 6. The summed E-state index contributed by atoms with van der Waals surface area (Å²) in [5.41, 5.74) is 7.01. The molecule has 0 saturated carbocycles. The van der Waals surface area contributed by atoms with Gasteiger partial charge in [-0.1, -0.05) is 56.6 Å². The van der Waals surface area contributed by atoms with Gasteiger partial charge in [0, 0.05) is 16.7 Å². The monoisotopic (exact) mass is 520 g/mol. The molecule has 192 valence electrons. The van der Waals surface area contributed by atoms with E-state index in [1.54, 1.807) is 30.3 Å². The maximum atomic E-state index is 13.8. The highest BCUT2D eigenvalue weighted by molar-refractivity contribution is 6.30. The zero-order valence-electron chi connectivity index (χ0n) is 20.1. The Morgan fingerprint density at radius 1 is 0.889 bits per heavy atom. The van der Waals surface area contributed by atoms with Crippen molar-refractivity contribution in [3.8, 4) is 17.2 Å². The van der Waals surface area contributed by atoms with Gasteiger partial charge >= 0.3 is 6.18 Å². The summed E-state index contributed by atoms with van der Waals surface area (Å²) in [6.45, 7) is 6.39. The number of hydrazine groups is 1. The molecule has 0 radical (unpaired) electrons. The predicted octanol–water partition coefficient (Wildman–Crippen LogP) is 6.45. The van der Waals surface area contributed by atoms with Crippen molar-refractivity contribution in [1.82, 2.24) is 10.9 Å². The first-order valence-electron chi connectivity index (χ1n) is 11.5. The van der Waals surface area contributed by atoms with Crippen molar-refractivity contribution in [3.05, 3.63) is 88.4 Å². The molecule has 0 aromatic heterocycles. The fourth-order valence-corrected chi connectivity index (χ4v) is 4.14. The molecule has 3 aromatic carbocycles. The SMILES string of the molecule is CC(C)(C)c1ccc(OC2C(c3ccc(OCc4ccc(Cl)cc4)cc3O)NNC2C(F)(F)F)cc1. The van der Waals surface area contributed by atoms with Crippen LogP contribution in [-0.4, -0.2) is 23.4 Å². The fraction of sp³-hybridized carbons (Fsp3) is 0.333. The Balaban J connectivity index is 1.54. The molecule has 1 aliphatic rings. The minimum Gasteiger partial charge on any atom is -0.507 e. The Kier molecular flexibility index (Phi) is 7.41. The third kappa shape index (κ3) is 6.06. The smallest absolute Gasteiger partial charge is 0.408 e. The summed E-state index contributed by atoms with van der Waals surface area (Å²) in [6.07, 6.45) is -5.94. The lowest BCUT2D eigenvalue weighted by molar-refractivity contribution is -0.167. The van der Waals surface area contributed by atoms with E-state index < -0.39 is 24.4 Å². The van der Waals surface area contributed by atoms with E-state index in [2.05, 4.69) is 31.6 Å². The maximum Gasteiger partial charge on any atom is 0.408 e. The molecule has 0 bridgehead atoms. The van der Waals surface area contributed by atoms with Gasteiger partial charge in [-0.25, -0.2) is 10.9 Å². The van der Waals surface area contributed by atoms with E-state index in [0.29, 0.717) is 16.5 Å². The Bertz CT molecular complexity index is 1180. The van der Waals surface area contributed by atoms with Crippen molar-refractivity contribution in [3.63, 3.8) is 0 Å². The van der Waals surface area contributed by atoms with Gasteiger partial charge in [0.2, 0.25) is 0 Å². The van der Waals surface area contributed by atoms with Crippen molar-refractivity contribution < 1.29 is 27.8 Å². The number of phenols is 1. The van der Waals surface area contributed by atoms with E-state index in [0.717, 1.165) is 11.1 Å². The molecule has 1 aliphatic heterocycles. The molecule has 5 nitrogen and oxygen atoms in total. The first-order valence-corrected chi connectivity index (χ1v) is 11.8. The normalized spacial score (nSPS) is 20.4. The lowest BCUT2D eigenvalue weighted by Crippen LogP contribution is -2.47. The van der Waals surface area contributed by atoms with Crippen LogP contribution in [0.5, 0.6) is 17.2 Å². The molecule has 1 saturated heterocycles. The second-order valence-corrected chi connectivity index (χ2v) is 10.2. The minimum atomic E-state index is -4.57. The molecule has 0 amide bonds. The van der Waals surface area contributed by atoms with Crippen LogP contribution in [0.4, 0.5) is 13.2 Å². The van der Waals surface area contributed by atoms with E-state index in [-0.39, 0.29) is 23.3 Å². The molecule has 36 heavy (non-hydrogen) atoms. The lowest BCUT2D eigenvalue weighted by Gasteiger charge is -2.27. The summed E-state index contributed by atoms with van der Waals surface area (Å²) >= 11 is 5.89. The second kappa shape index (κ2) is 10.2. The Morgan fingerprint density at radius 3 is 2.11 bits per heavy atom. The van der Waals surface area contributed by atoms with Gasteiger partial charge in [0.15, 0.2) is 6.04 Å². The highest BCUT2D eigenvalue weighted by Gasteiger charge is 2.53. The fourth-order valence-electron chi connectivity index (χ4n) is 4.01. The number of halogens is 4. The number of hydrogen-bond acceptors (Lipinski definition) is 5. The standard InChI is InChI=1S/C27H28ClF3N2O3/c1-26(2,3)17-6-10-19(11-7-17)36-24-23(32-33-25(24)27(29,30)31)21-13-12-20(14-22(21)34)35-15-16-4-8-18(28)9-5-16/h4-14,23-25,32-34H,15H2,1-3H3. The molecule has 9 heteroatoms. The zero-order chi connectivity index (χ0) is 26.1. The van der Waals surface area contributed by atoms with E-state index in [4.69, 9.17) is 21.1 Å². The van der Waals surface area contributed by atoms with Crippen LogP contribution >= 0.6 is 11.6 Å². The van der Waals surface area contributed by atoms with Crippen LogP contribution in [0.15, 0.2) is 66.7 Å². The zero-order valence-corrected chi connectivity index (χ0v) is 20.8. The second-order valence-electron chi connectivity index (χ2n) is 9.78. The van der Waals surface area contributed by atoms with E-state index in [1.807, 2.05) is 24.3 Å². The van der Waals surface area contributed by atoms with E-state index in [1.165, 1.54) is 12.1 Å². The van der Waals surface area contributed by atoms with Gasteiger partial charge in [-0.15, -0.1) is 0 Å². The van der Waals surface area contributed by atoms with Gasteiger partial charge in [-0.05, 0) is 52.9 Å². The van der Waals surface area contributed by atoms with Crippen molar-refractivity contribution >= 4 is 11.6 Å². The third-order valence-corrected chi connectivity index (χ3v) is 6.30. The van der Waals surface area contributed by atoms with Crippen molar-refractivity contribution in [2.45, 2.75) is 57.2 Å². The minimum absolute atomic E-state index is 0.102. The quantitative estimate of drug-likeness (QED) is 0.349. The molecule has 3 N–H and O–H groups in total. The van der Waals surface area contributed by atoms with Crippen LogP contribution in [0.25, 0.3) is 0 Å². The van der Waals surface area contributed by atoms with E-state index in [9.17, 15) is 18.3 Å². The summed E-state index contributed by atoms with van der Waals surface area (Å²) in [7, 11) is 0. The molecule has 0 spiro atoms. The van der Waals surface area contributed by atoms with Crippen LogP contribution in [0.2, 0.25) is 5.02 Å². The Labute approximate surface area is 213 Å². The highest BCUT2D eigenvalue weighted by atomic mass is 35.5. The van der Waals surface area contributed by atoms with Crippen LogP contribution in [-0.2, 0) is 12.0 Å². The first-order chi connectivity index (χ1) is 16.9. The number of alkyl halides is 3. The number of benzene rings is 3. The molecule has 3 unspecified atom stereocenters. The molecule has 0 aliphatic carbocycles. The van der Waals surface area contributed by atoms with Crippen LogP contribution in [0, 0.1) is 0 Å². The summed E-state index contributed by atoms with van der Waals surface area (Å²) in [5, 5.41) is 11.3. The van der Waals surface area contributed by atoms with Gasteiger partial charge in [-0.3, -0.25) is 0 Å². The molecule has 1 fully saturated rings. The average molecular weight is 521 g/mol. The summed E-state index contributed by atoms with van der Waals surface area (Å²) < 4.78 is 53.0. The van der Waals surface area contributed by atoms with Crippen LogP contribution < -0.4 is 20.3 Å². The molecule has 1 heterocycles. The summed E-state index contributed by atoms with van der Waals surface area (Å²) in [6, 6.07) is 15.7. The van der Waals surface area contributed by atoms with Gasteiger partial charge in [-0.2, -0.15) is 13.2 Å². The lowest BCUT2D eigenvalue weighted by atomic mass is 9.87. The average Bonchev–Trinajstić information content (AvgIpc) is 3.22.